The van der Waals surface area contributed by atoms with E-state index in [4.69, 9.17) is 4.74 Å². The number of carbonyl (C=O) groups excluding carboxylic acids is 1. The van der Waals surface area contributed by atoms with Gasteiger partial charge in [0.1, 0.15) is 6.04 Å². The largest absolute Gasteiger partial charge is 0.478 e. The molecule has 0 saturated heterocycles. The number of ether oxygens (including phenoxy) is 1. The zero-order valence-electron chi connectivity index (χ0n) is 31.4. The fourth-order valence-electron chi connectivity index (χ4n) is 13.0. The minimum Gasteiger partial charge on any atom is -0.478 e. The molecule has 9 atom stereocenters. The summed E-state index contributed by atoms with van der Waals surface area (Å²) in [4.78, 5) is 26.4. The van der Waals surface area contributed by atoms with Crippen LogP contribution in [0, 0.1) is 28.6 Å². The van der Waals surface area contributed by atoms with Gasteiger partial charge in [-0.1, -0.05) is 39.0 Å². The van der Waals surface area contributed by atoms with Gasteiger partial charge in [-0.2, -0.15) is 0 Å². The van der Waals surface area contributed by atoms with E-state index < -0.39 is 35.4 Å². The summed E-state index contributed by atoms with van der Waals surface area (Å²) in [5, 5.41) is 34.5. The highest BCUT2D eigenvalue weighted by Gasteiger charge is 2.68. The van der Waals surface area contributed by atoms with Crippen LogP contribution in [0.3, 0.4) is 0 Å². The topological polar surface area (TPSA) is 109 Å². The number of aromatic nitrogens is 1. The summed E-state index contributed by atoms with van der Waals surface area (Å²) < 4.78 is 8.88. The normalized spacial score (nSPS) is 39.1. The molecule has 8 rings (SSSR count). The van der Waals surface area contributed by atoms with Crippen molar-refractivity contribution in [2.24, 2.45) is 28.6 Å². The Bertz CT molecular complexity index is 1980. The van der Waals surface area contributed by atoms with E-state index in [1.54, 1.807) is 6.92 Å². The molecule has 2 aromatic rings. The van der Waals surface area contributed by atoms with Gasteiger partial charge < -0.3 is 24.6 Å². The van der Waals surface area contributed by atoms with Gasteiger partial charge in [-0.25, -0.2) is 4.79 Å². The van der Waals surface area contributed by atoms with Crippen molar-refractivity contribution in [3.8, 4) is 0 Å². The third kappa shape index (κ3) is 4.03. The molecule has 1 aromatic heterocycles. The SMILES string of the molecule is C=C(C)[C@H]1C(=O)c2c3c(cc4c5c(n1c24)[C@@]1(C)[C@@H](CC[C@H]2[C@](C)(CC/C=C(\C)C(=O)O)[C@@H](O)CC[C@@]21C)C5)C1=CC(C)(C)OC(C)(C)[C@H]1[C@@H]3O. The summed E-state index contributed by atoms with van der Waals surface area (Å²) in [5.41, 5.74) is 6.27. The molecule has 0 bridgehead atoms. The van der Waals surface area contributed by atoms with Crippen LogP contribution in [0.4, 0.5) is 0 Å². The summed E-state index contributed by atoms with van der Waals surface area (Å²) in [5.74, 6) is -0.523. The highest BCUT2D eigenvalue weighted by atomic mass is 16.5. The van der Waals surface area contributed by atoms with Crippen LogP contribution in [0.25, 0.3) is 16.5 Å². The molecular weight excluding hydrogens is 626 g/mol. The number of aliphatic hydroxyl groups is 2. The van der Waals surface area contributed by atoms with Crippen molar-refractivity contribution in [2.75, 3.05) is 0 Å². The molecule has 3 heterocycles. The Morgan fingerprint density at radius 2 is 1.78 bits per heavy atom. The molecule has 4 aliphatic carbocycles. The number of carbonyl (C=O) groups is 2. The van der Waals surface area contributed by atoms with Gasteiger partial charge in [-0.3, -0.25) is 4.79 Å². The Morgan fingerprint density at radius 1 is 1.08 bits per heavy atom. The number of fused-ring (bicyclic) bond motifs is 11. The second kappa shape index (κ2) is 10.3. The molecule has 7 heteroatoms. The second-order valence-electron chi connectivity index (χ2n) is 18.7. The molecule has 2 aliphatic heterocycles. The highest BCUT2D eigenvalue weighted by Crippen LogP contribution is 2.72. The zero-order valence-corrected chi connectivity index (χ0v) is 31.4. The van der Waals surface area contributed by atoms with E-state index in [9.17, 15) is 24.9 Å². The van der Waals surface area contributed by atoms with E-state index in [2.05, 4.69) is 71.8 Å². The molecule has 0 spiro atoms. The van der Waals surface area contributed by atoms with E-state index in [1.807, 2.05) is 13.0 Å². The van der Waals surface area contributed by atoms with E-state index in [0.717, 1.165) is 65.3 Å². The molecule has 3 N–H and O–H groups in total. The fraction of sp³-hybridized carbons (Fsp3) is 0.628. The van der Waals surface area contributed by atoms with Crippen LogP contribution >= 0.6 is 0 Å². The number of aliphatic carboxylic acids is 1. The number of carboxylic acids is 1. The van der Waals surface area contributed by atoms with Crippen molar-refractivity contribution in [3.63, 3.8) is 0 Å². The average Bonchev–Trinajstić information content (AvgIpc) is 3.67. The Balaban J connectivity index is 1.34. The lowest BCUT2D eigenvalue weighted by Crippen LogP contribution is -2.62. The van der Waals surface area contributed by atoms with E-state index in [-0.39, 0.29) is 33.9 Å². The molecular formula is C43H55NO6. The fourth-order valence-corrected chi connectivity index (χ4v) is 13.0. The molecule has 268 valence electrons. The predicted molar refractivity (Wildman–Crippen MR) is 195 cm³/mol. The van der Waals surface area contributed by atoms with Crippen molar-refractivity contribution in [3.05, 3.63) is 63.9 Å². The van der Waals surface area contributed by atoms with Gasteiger partial charge in [-0.05, 0) is 138 Å². The Kier molecular flexibility index (Phi) is 7.04. The smallest absolute Gasteiger partial charge is 0.330 e. The quantitative estimate of drug-likeness (QED) is 0.216. The molecule has 7 nitrogen and oxygen atoms in total. The van der Waals surface area contributed by atoms with Crippen LogP contribution < -0.4 is 0 Å². The first kappa shape index (κ1) is 34.1. The van der Waals surface area contributed by atoms with Gasteiger partial charge in [0.05, 0.1) is 34.5 Å². The Labute approximate surface area is 296 Å². The first-order chi connectivity index (χ1) is 23.2. The van der Waals surface area contributed by atoms with E-state index >= 15 is 0 Å². The Hall–Kier alpha value is -3.00. The third-order valence-electron chi connectivity index (χ3n) is 15.2. The number of hydrogen-bond donors (Lipinski definition) is 3. The van der Waals surface area contributed by atoms with E-state index in [0.29, 0.717) is 29.9 Å². The molecule has 0 unspecified atom stereocenters. The van der Waals surface area contributed by atoms with Gasteiger partial charge in [0.2, 0.25) is 0 Å². The number of nitrogens with zero attached hydrogens (tertiary/aromatic N) is 1. The number of rotatable bonds is 5. The average molecular weight is 682 g/mol. The molecule has 50 heavy (non-hydrogen) atoms. The van der Waals surface area contributed by atoms with Crippen molar-refractivity contribution in [1.82, 2.24) is 4.57 Å². The maximum Gasteiger partial charge on any atom is 0.330 e. The molecule has 6 aliphatic rings. The first-order valence-corrected chi connectivity index (χ1v) is 18.8. The van der Waals surface area contributed by atoms with E-state index in [1.165, 1.54) is 11.3 Å². The summed E-state index contributed by atoms with van der Waals surface area (Å²) in [7, 11) is 0. The second-order valence-corrected chi connectivity index (χ2v) is 18.7. The molecule has 0 amide bonds. The number of aliphatic hydroxyl groups excluding tert-OH is 2. The van der Waals surface area contributed by atoms with Crippen LogP contribution in [0.1, 0.15) is 146 Å². The first-order valence-electron chi connectivity index (χ1n) is 18.8. The highest BCUT2D eigenvalue weighted by molar-refractivity contribution is 6.18. The molecule has 2 fully saturated rings. The number of Topliss-reactive ketones (excluding diaryl/α,β-unsaturated/α-hetero) is 1. The number of allylic oxidation sites excluding steroid dienone is 2. The van der Waals surface area contributed by atoms with Crippen LogP contribution in [-0.2, 0) is 21.4 Å². The Morgan fingerprint density at radius 3 is 2.44 bits per heavy atom. The maximum atomic E-state index is 14.8. The summed E-state index contributed by atoms with van der Waals surface area (Å²) in [6.07, 6.45) is 8.58. The predicted octanol–water partition coefficient (Wildman–Crippen LogP) is 8.41. The standard InChI is InChI=1S/C43H55NO6/c1-21(2)33-36(47)31-30-24(27-20-39(4,5)50-40(6,7)32(27)35(30)46)19-25-26-18-23-13-14-28-41(8,16-11-12-22(3)38(48)49)29(45)15-17-42(28,9)43(23,10)37(26)44(33)34(25)31/h12,19-20,23,28-29,32-33,35,45-46H,1,11,13-18H2,2-10H3,(H,48,49)/b22-12+/t23-,28-,29-,32+,33-,35+,41-,42-,43+/m0/s1. The monoisotopic (exact) mass is 681 g/mol. The van der Waals surface area contributed by atoms with Gasteiger partial charge in [0, 0.05) is 33.5 Å². The molecule has 1 aromatic carbocycles. The lowest BCUT2D eigenvalue weighted by Gasteiger charge is -2.65. The van der Waals surface area contributed by atoms with Gasteiger partial charge in [-0.15, -0.1) is 0 Å². The van der Waals surface area contributed by atoms with Crippen molar-refractivity contribution in [2.45, 2.75) is 142 Å². The number of benzene rings is 1. The number of carboxylic acid groups (broad SMARTS) is 1. The molecule has 0 radical (unpaired) electrons. The van der Waals surface area contributed by atoms with Crippen LogP contribution in [0.2, 0.25) is 0 Å². The van der Waals surface area contributed by atoms with Gasteiger partial charge in [0.25, 0.3) is 0 Å². The number of hydrogen-bond acceptors (Lipinski definition) is 5. The summed E-state index contributed by atoms with van der Waals surface area (Å²) in [6, 6.07) is 1.77. The minimum atomic E-state index is -0.899. The minimum absolute atomic E-state index is 0.0301. The van der Waals surface area contributed by atoms with Crippen LogP contribution in [-0.4, -0.2) is 48.9 Å². The van der Waals surface area contributed by atoms with Crippen LogP contribution in [0.15, 0.2) is 35.9 Å². The van der Waals surface area contributed by atoms with Gasteiger partial charge in [0.15, 0.2) is 5.78 Å². The summed E-state index contributed by atoms with van der Waals surface area (Å²) >= 11 is 0. The van der Waals surface area contributed by atoms with Crippen LogP contribution in [0.5, 0.6) is 0 Å². The maximum absolute atomic E-state index is 14.8. The lowest BCUT2D eigenvalue weighted by atomic mass is 9.40. The zero-order chi connectivity index (χ0) is 36.2. The lowest BCUT2D eigenvalue weighted by molar-refractivity contribution is -0.166. The third-order valence-corrected chi connectivity index (χ3v) is 15.2. The van der Waals surface area contributed by atoms with Crippen molar-refractivity contribution in [1.29, 1.82) is 0 Å². The van der Waals surface area contributed by atoms with Crippen molar-refractivity contribution >= 4 is 28.2 Å². The van der Waals surface area contributed by atoms with Crippen molar-refractivity contribution < 1.29 is 29.6 Å². The molecule has 2 saturated carbocycles. The van der Waals surface area contributed by atoms with Gasteiger partial charge >= 0.3 is 5.97 Å². The summed E-state index contributed by atoms with van der Waals surface area (Å²) in [6.45, 7) is 23.4. The number of ketones is 1.